The molecule has 0 saturated carbocycles. The van der Waals surface area contributed by atoms with Gasteiger partial charge in [-0.3, -0.25) is 4.79 Å². The van der Waals surface area contributed by atoms with Gasteiger partial charge in [-0.15, -0.1) is 0 Å². The second-order valence-corrected chi connectivity index (χ2v) is 8.97. The van der Waals surface area contributed by atoms with Crippen LogP contribution in [0.1, 0.15) is 22.4 Å². The zero-order valence-corrected chi connectivity index (χ0v) is 19.7. The molecular formula is C26H25N3O3S. The van der Waals surface area contributed by atoms with E-state index in [9.17, 15) is 10.1 Å². The molecule has 0 saturated heterocycles. The number of fused-ring (bicyclic) bond motifs is 1. The Morgan fingerprint density at radius 1 is 1.21 bits per heavy atom. The van der Waals surface area contributed by atoms with E-state index in [4.69, 9.17) is 14.5 Å². The van der Waals surface area contributed by atoms with Gasteiger partial charge in [0.2, 0.25) is 0 Å². The molecule has 168 valence electrons. The number of benzene rings is 2. The second kappa shape index (κ2) is 10.1. The van der Waals surface area contributed by atoms with Crippen molar-refractivity contribution >= 4 is 17.7 Å². The fourth-order valence-corrected chi connectivity index (χ4v) is 4.72. The maximum absolute atomic E-state index is 12.5. The van der Waals surface area contributed by atoms with Crippen LogP contribution >= 0.6 is 11.8 Å². The summed E-state index contributed by atoms with van der Waals surface area (Å²) in [5, 5.41) is 10.7. The number of esters is 1. The van der Waals surface area contributed by atoms with Gasteiger partial charge in [0.15, 0.2) is 0 Å². The molecule has 0 atom stereocenters. The molecule has 0 N–H and O–H groups in total. The Labute approximate surface area is 198 Å². The number of pyridine rings is 1. The summed E-state index contributed by atoms with van der Waals surface area (Å²) in [4.78, 5) is 19.5. The lowest BCUT2D eigenvalue weighted by atomic mass is 9.91. The van der Waals surface area contributed by atoms with Gasteiger partial charge in [0.1, 0.15) is 22.6 Å². The Hall–Kier alpha value is -3.34. The number of hydrogen-bond acceptors (Lipinski definition) is 7. The summed E-state index contributed by atoms with van der Waals surface area (Å²) < 4.78 is 10.9. The zero-order chi connectivity index (χ0) is 23.4. The fourth-order valence-electron chi connectivity index (χ4n) is 3.94. The van der Waals surface area contributed by atoms with Crippen LogP contribution in [0.5, 0.6) is 11.5 Å². The third-order valence-corrected chi connectivity index (χ3v) is 6.48. The van der Waals surface area contributed by atoms with Crippen molar-refractivity contribution in [1.82, 2.24) is 9.88 Å². The maximum atomic E-state index is 12.5. The summed E-state index contributed by atoms with van der Waals surface area (Å²) >= 11 is 1.24. The highest BCUT2D eigenvalue weighted by Crippen LogP contribution is 2.38. The van der Waals surface area contributed by atoms with Gasteiger partial charge in [0.25, 0.3) is 0 Å². The van der Waals surface area contributed by atoms with Gasteiger partial charge in [-0.25, -0.2) is 4.98 Å². The van der Waals surface area contributed by atoms with E-state index >= 15 is 0 Å². The number of aromatic nitrogens is 1. The van der Waals surface area contributed by atoms with E-state index in [1.807, 2.05) is 49.4 Å². The number of nitriles is 1. The molecule has 6 nitrogen and oxygen atoms in total. The van der Waals surface area contributed by atoms with E-state index in [1.54, 1.807) is 13.2 Å². The van der Waals surface area contributed by atoms with Gasteiger partial charge in [-0.2, -0.15) is 5.26 Å². The molecule has 0 amide bonds. The van der Waals surface area contributed by atoms with Crippen molar-refractivity contribution in [2.24, 2.45) is 0 Å². The first-order chi connectivity index (χ1) is 16.0. The highest BCUT2D eigenvalue weighted by Gasteiger charge is 2.25. The number of likely N-dealkylation sites (N-methyl/N-ethyl adjacent to an activating group) is 1. The first-order valence-corrected chi connectivity index (χ1v) is 11.7. The quantitative estimate of drug-likeness (QED) is 0.302. The van der Waals surface area contributed by atoms with Crippen LogP contribution < -0.4 is 9.47 Å². The number of nitrogens with zero attached hydrogens (tertiary/aromatic N) is 3. The number of methoxy groups -OCH3 is 1. The van der Waals surface area contributed by atoms with Crippen LogP contribution in [0, 0.1) is 18.3 Å². The van der Waals surface area contributed by atoms with Crippen LogP contribution in [0.4, 0.5) is 0 Å². The van der Waals surface area contributed by atoms with Gasteiger partial charge in [0, 0.05) is 30.8 Å². The second-order valence-electron chi connectivity index (χ2n) is 8.00. The molecule has 0 unspecified atom stereocenters. The highest BCUT2D eigenvalue weighted by molar-refractivity contribution is 7.99. The number of ether oxygens (including phenoxy) is 2. The monoisotopic (exact) mass is 459 g/mol. The lowest BCUT2D eigenvalue weighted by Gasteiger charge is -2.28. The van der Waals surface area contributed by atoms with E-state index in [1.165, 1.54) is 11.8 Å². The molecule has 0 fully saturated rings. The van der Waals surface area contributed by atoms with Crippen LogP contribution in [-0.4, -0.2) is 42.3 Å². The van der Waals surface area contributed by atoms with Crippen LogP contribution in [0.2, 0.25) is 0 Å². The summed E-state index contributed by atoms with van der Waals surface area (Å²) in [6.45, 7) is 3.55. The molecule has 1 aromatic heterocycles. The summed E-state index contributed by atoms with van der Waals surface area (Å²) in [6.07, 6.45) is 0.788. The van der Waals surface area contributed by atoms with Crippen molar-refractivity contribution in [2.45, 2.75) is 24.9 Å². The van der Waals surface area contributed by atoms with Gasteiger partial charge in [-0.1, -0.05) is 36.0 Å². The Morgan fingerprint density at radius 2 is 2.00 bits per heavy atom. The maximum Gasteiger partial charge on any atom is 0.321 e. The van der Waals surface area contributed by atoms with Gasteiger partial charge < -0.3 is 14.4 Å². The molecule has 33 heavy (non-hydrogen) atoms. The lowest BCUT2D eigenvalue weighted by Crippen LogP contribution is -2.28. The molecule has 0 bridgehead atoms. The summed E-state index contributed by atoms with van der Waals surface area (Å²) in [5.41, 5.74) is 5.29. The molecule has 0 aliphatic carbocycles. The standard InChI is InChI=1S/C26H25N3O3S/c1-17-6-4-9-20(12-17)32-24(30)16-33-26-21(14-27)25(18-7-5-8-19(13-18)31-3)22-15-29(2)11-10-23(22)28-26/h4-9,12-13H,10-11,15-16H2,1-3H3. The van der Waals surface area contributed by atoms with Gasteiger partial charge >= 0.3 is 5.97 Å². The van der Waals surface area contributed by atoms with Crippen molar-refractivity contribution in [1.29, 1.82) is 5.26 Å². The Morgan fingerprint density at radius 3 is 2.76 bits per heavy atom. The Bertz CT molecular complexity index is 1240. The fraction of sp³-hybridized carbons (Fsp3) is 0.269. The van der Waals surface area contributed by atoms with E-state index in [2.05, 4.69) is 18.0 Å². The molecular weight excluding hydrogens is 434 g/mol. The first-order valence-electron chi connectivity index (χ1n) is 10.7. The van der Waals surface area contributed by atoms with Crippen LogP contribution in [0.3, 0.4) is 0 Å². The predicted molar refractivity (Wildman–Crippen MR) is 129 cm³/mol. The molecule has 4 rings (SSSR count). The molecule has 2 aromatic carbocycles. The van der Waals surface area contributed by atoms with Gasteiger partial charge in [0.05, 0.1) is 18.4 Å². The minimum atomic E-state index is -0.378. The Balaban J connectivity index is 1.68. The number of aryl methyl sites for hydroxylation is 1. The highest BCUT2D eigenvalue weighted by atomic mass is 32.2. The molecule has 1 aliphatic rings. The first kappa shape index (κ1) is 22.8. The minimum Gasteiger partial charge on any atom is -0.497 e. The average Bonchev–Trinajstić information content (AvgIpc) is 2.81. The summed E-state index contributed by atoms with van der Waals surface area (Å²) in [7, 11) is 3.69. The van der Waals surface area contributed by atoms with Crippen molar-refractivity contribution in [3.05, 3.63) is 70.9 Å². The van der Waals surface area contributed by atoms with Crippen molar-refractivity contribution in [3.8, 4) is 28.7 Å². The Kier molecular flexibility index (Phi) is 6.97. The van der Waals surface area contributed by atoms with E-state index in [0.717, 1.165) is 46.7 Å². The van der Waals surface area contributed by atoms with Crippen LogP contribution in [0.15, 0.2) is 53.6 Å². The molecule has 2 heterocycles. The molecule has 1 aliphatic heterocycles. The number of rotatable bonds is 6. The van der Waals surface area contributed by atoms with Crippen LogP contribution in [-0.2, 0) is 17.8 Å². The van der Waals surface area contributed by atoms with Gasteiger partial charge in [-0.05, 0) is 54.9 Å². The van der Waals surface area contributed by atoms with Crippen molar-refractivity contribution in [3.63, 3.8) is 0 Å². The number of carbonyl (C=O) groups excluding carboxylic acids is 1. The molecule has 7 heteroatoms. The normalized spacial score (nSPS) is 13.2. The molecule has 3 aromatic rings. The average molecular weight is 460 g/mol. The van der Waals surface area contributed by atoms with Crippen molar-refractivity contribution in [2.75, 3.05) is 26.5 Å². The summed E-state index contributed by atoms with van der Waals surface area (Å²) in [6, 6.07) is 17.4. The minimum absolute atomic E-state index is 0.0614. The summed E-state index contributed by atoms with van der Waals surface area (Å²) in [5.74, 6) is 0.921. The predicted octanol–water partition coefficient (Wildman–Crippen LogP) is 4.62. The van der Waals surface area contributed by atoms with Crippen LogP contribution in [0.25, 0.3) is 11.1 Å². The molecule has 0 radical (unpaired) electrons. The van der Waals surface area contributed by atoms with E-state index in [-0.39, 0.29) is 11.7 Å². The smallest absolute Gasteiger partial charge is 0.321 e. The number of hydrogen-bond donors (Lipinski definition) is 0. The zero-order valence-electron chi connectivity index (χ0n) is 18.9. The third-order valence-electron chi connectivity index (χ3n) is 5.53. The topological polar surface area (TPSA) is 75.4 Å². The van der Waals surface area contributed by atoms with E-state index in [0.29, 0.717) is 22.9 Å². The number of thioether (sulfide) groups is 1. The SMILES string of the molecule is COc1cccc(-c2c(C#N)c(SCC(=O)Oc3cccc(C)c3)nc3c2CN(C)CC3)c1. The lowest BCUT2D eigenvalue weighted by molar-refractivity contribution is -0.131. The third kappa shape index (κ3) is 5.19. The van der Waals surface area contributed by atoms with E-state index < -0.39 is 0 Å². The largest absolute Gasteiger partial charge is 0.497 e. The molecule has 0 spiro atoms. The van der Waals surface area contributed by atoms with Crippen molar-refractivity contribution < 1.29 is 14.3 Å². The number of carbonyl (C=O) groups is 1.